The number of carbonyl (C=O) groups excluding carboxylic acids is 3. The normalized spacial score (nSPS) is 14.3. The summed E-state index contributed by atoms with van der Waals surface area (Å²) >= 11 is 0. The number of ether oxygens (including phenoxy) is 1. The number of hydrogen-bond acceptors (Lipinski definition) is 6. The molecule has 0 atom stereocenters. The summed E-state index contributed by atoms with van der Waals surface area (Å²) in [6.07, 6.45) is -0.418. The Bertz CT molecular complexity index is 809. The van der Waals surface area contributed by atoms with Crippen molar-refractivity contribution in [3.05, 3.63) is 39.4 Å². The Kier molecular flexibility index (Phi) is 6.78. The van der Waals surface area contributed by atoms with Gasteiger partial charge in [-0.2, -0.15) is 0 Å². The first-order chi connectivity index (χ1) is 13.5. The van der Waals surface area contributed by atoms with E-state index < -0.39 is 22.5 Å². The molecule has 1 aromatic carbocycles. The van der Waals surface area contributed by atoms with Crippen LogP contribution in [-0.2, 0) is 9.53 Å². The standard InChI is InChI=1S/C19H26N4O6/c1-13-5-6-14(11-15(13)23(27)28)17(25)20-12-16(24)21-7-9-22(10-8-21)18(26)29-19(2,3)4/h5-6,11H,7-10,12H2,1-4H3,(H,20,25). The summed E-state index contributed by atoms with van der Waals surface area (Å²) in [6, 6.07) is 4.15. The molecule has 2 rings (SSSR count). The van der Waals surface area contributed by atoms with Crippen molar-refractivity contribution in [3.8, 4) is 0 Å². The molecule has 1 aliphatic heterocycles. The molecule has 10 nitrogen and oxygen atoms in total. The lowest BCUT2D eigenvalue weighted by atomic mass is 10.1. The zero-order valence-corrected chi connectivity index (χ0v) is 17.1. The number of hydrogen-bond donors (Lipinski definition) is 1. The molecule has 158 valence electrons. The van der Waals surface area contributed by atoms with Gasteiger partial charge in [0.05, 0.1) is 11.5 Å². The molecule has 29 heavy (non-hydrogen) atoms. The zero-order valence-electron chi connectivity index (χ0n) is 17.1. The maximum atomic E-state index is 12.3. The van der Waals surface area contributed by atoms with E-state index in [-0.39, 0.29) is 23.7 Å². The summed E-state index contributed by atoms with van der Waals surface area (Å²) in [5.74, 6) is -0.849. The smallest absolute Gasteiger partial charge is 0.410 e. The average molecular weight is 406 g/mol. The van der Waals surface area contributed by atoms with Crippen LogP contribution in [0.25, 0.3) is 0 Å². The predicted molar refractivity (Wildman–Crippen MR) is 105 cm³/mol. The van der Waals surface area contributed by atoms with Gasteiger partial charge in [-0.1, -0.05) is 6.07 Å². The third-order valence-electron chi connectivity index (χ3n) is 4.35. The van der Waals surface area contributed by atoms with Crippen molar-refractivity contribution < 1.29 is 24.0 Å². The summed E-state index contributed by atoms with van der Waals surface area (Å²) in [4.78, 5) is 50.1. The molecule has 0 aliphatic carbocycles. The monoisotopic (exact) mass is 406 g/mol. The number of aryl methyl sites for hydroxylation is 1. The van der Waals surface area contributed by atoms with Crippen LogP contribution in [-0.4, -0.2) is 71.0 Å². The van der Waals surface area contributed by atoms with Crippen LogP contribution >= 0.6 is 0 Å². The third kappa shape index (κ3) is 6.16. The molecule has 0 bridgehead atoms. The van der Waals surface area contributed by atoms with Crippen LogP contribution in [0.3, 0.4) is 0 Å². The molecule has 1 fully saturated rings. The largest absolute Gasteiger partial charge is 0.444 e. The van der Waals surface area contributed by atoms with Crippen LogP contribution in [0.4, 0.5) is 10.5 Å². The van der Waals surface area contributed by atoms with Crippen LogP contribution in [0.15, 0.2) is 18.2 Å². The molecule has 1 aliphatic rings. The predicted octanol–water partition coefficient (Wildman–Crippen LogP) is 1.71. The second-order valence-electron chi connectivity index (χ2n) is 7.79. The lowest BCUT2D eigenvalue weighted by Crippen LogP contribution is -2.53. The maximum Gasteiger partial charge on any atom is 0.410 e. The molecule has 1 heterocycles. The van der Waals surface area contributed by atoms with Gasteiger partial charge in [-0.05, 0) is 33.8 Å². The number of piperazine rings is 1. The van der Waals surface area contributed by atoms with E-state index in [1.807, 2.05) is 0 Å². The Morgan fingerprint density at radius 3 is 2.28 bits per heavy atom. The van der Waals surface area contributed by atoms with E-state index >= 15 is 0 Å². The van der Waals surface area contributed by atoms with E-state index in [1.54, 1.807) is 37.5 Å². The number of benzene rings is 1. The first-order valence-electron chi connectivity index (χ1n) is 9.27. The van der Waals surface area contributed by atoms with Crippen molar-refractivity contribution in [2.45, 2.75) is 33.3 Å². The first-order valence-corrected chi connectivity index (χ1v) is 9.27. The summed E-state index contributed by atoms with van der Waals surface area (Å²) in [7, 11) is 0. The van der Waals surface area contributed by atoms with E-state index in [9.17, 15) is 24.5 Å². The number of amides is 3. The van der Waals surface area contributed by atoms with Gasteiger partial charge in [0.15, 0.2) is 0 Å². The van der Waals surface area contributed by atoms with Gasteiger partial charge in [0.1, 0.15) is 5.60 Å². The van der Waals surface area contributed by atoms with Gasteiger partial charge in [-0.15, -0.1) is 0 Å². The Hall–Kier alpha value is -3.17. The van der Waals surface area contributed by atoms with Crippen molar-refractivity contribution in [3.63, 3.8) is 0 Å². The van der Waals surface area contributed by atoms with Crippen molar-refractivity contribution in [1.29, 1.82) is 0 Å². The summed E-state index contributed by atoms with van der Waals surface area (Å²) in [5.41, 5.74) is -0.170. The van der Waals surface area contributed by atoms with Crippen LogP contribution in [0, 0.1) is 17.0 Å². The lowest BCUT2D eigenvalue weighted by molar-refractivity contribution is -0.385. The lowest BCUT2D eigenvalue weighted by Gasteiger charge is -2.35. The van der Waals surface area contributed by atoms with Gasteiger partial charge in [0.2, 0.25) is 5.91 Å². The third-order valence-corrected chi connectivity index (χ3v) is 4.35. The number of rotatable bonds is 4. The van der Waals surface area contributed by atoms with Crippen molar-refractivity contribution >= 4 is 23.6 Å². The molecule has 1 saturated heterocycles. The fourth-order valence-corrected chi connectivity index (χ4v) is 2.78. The highest BCUT2D eigenvalue weighted by atomic mass is 16.6. The SMILES string of the molecule is Cc1ccc(C(=O)NCC(=O)N2CCN(C(=O)OC(C)(C)C)CC2)cc1[N+](=O)[O-]. The van der Waals surface area contributed by atoms with Crippen molar-refractivity contribution in [2.24, 2.45) is 0 Å². The summed E-state index contributed by atoms with van der Waals surface area (Å²) < 4.78 is 5.31. The molecule has 10 heteroatoms. The van der Waals surface area contributed by atoms with E-state index in [0.29, 0.717) is 31.7 Å². The summed E-state index contributed by atoms with van der Waals surface area (Å²) in [5, 5.41) is 13.5. The minimum atomic E-state index is -0.584. The van der Waals surface area contributed by atoms with Gasteiger partial charge in [-0.25, -0.2) is 4.79 Å². The number of nitro groups is 1. The highest BCUT2D eigenvalue weighted by Crippen LogP contribution is 2.19. The minimum absolute atomic E-state index is 0.116. The molecular formula is C19H26N4O6. The van der Waals surface area contributed by atoms with E-state index in [0.717, 1.165) is 0 Å². The fourth-order valence-electron chi connectivity index (χ4n) is 2.78. The number of nitro benzene ring substituents is 1. The van der Waals surface area contributed by atoms with Gasteiger partial charge >= 0.3 is 6.09 Å². The average Bonchev–Trinajstić information content (AvgIpc) is 2.64. The van der Waals surface area contributed by atoms with Gasteiger partial charge < -0.3 is 19.9 Å². The molecule has 0 spiro atoms. The van der Waals surface area contributed by atoms with E-state index in [4.69, 9.17) is 4.74 Å². The highest BCUT2D eigenvalue weighted by molar-refractivity contribution is 5.97. The number of carbonyl (C=O) groups is 3. The Morgan fingerprint density at radius 1 is 1.14 bits per heavy atom. The highest BCUT2D eigenvalue weighted by Gasteiger charge is 2.27. The summed E-state index contributed by atoms with van der Waals surface area (Å²) in [6.45, 7) is 8.08. The molecule has 0 aromatic heterocycles. The second kappa shape index (κ2) is 8.89. The Morgan fingerprint density at radius 2 is 1.72 bits per heavy atom. The van der Waals surface area contributed by atoms with Crippen LogP contribution < -0.4 is 5.32 Å². The topological polar surface area (TPSA) is 122 Å². The van der Waals surface area contributed by atoms with Gasteiger partial charge in [0.25, 0.3) is 11.6 Å². The molecule has 0 radical (unpaired) electrons. The second-order valence-corrected chi connectivity index (χ2v) is 7.79. The Balaban J connectivity index is 1.85. The maximum absolute atomic E-state index is 12.3. The zero-order chi connectivity index (χ0) is 21.8. The molecule has 1 N–H and O–H groups in total. The van der Waals surface area contributed by atoms with Crippen LogP contribution in [0.2, 0.25) is 0 Å². The van der Waals surface area contributed by atoms with E-state index in [2.05, 4.69) is 5.32 Å². The number of nitrogens with zero attached hydrogens (tertiary/aromatic N) is 3. The van der Waals surface area contributed by atoms with Gasteiger partial charge in [-0.3, -0.25) is 19.7 Å². The van der Waals surface area contributed by atoms with Crippen molar-refractivity contribution in [2.75, 3.05) is 32.7 Å². The molecule has 0 unspecified atom stereocenters. The first kappa shape index (κ1) is 22.1. The minimum Gasteiger partial charge on any atom is -0.444 e. The Labute approximate surface area is 168 Å². The molecule has 0 saturated carbocycles. The number of nitrogens with one attached hydrogen (secondary N) is 1. The fraction of sp³-hybridized carbons (Fsp3) is 0.526. The van der Waals surface area contributed by atoms with Gasteiger partial charge in [0, 0.05) is 43.4 Å². The molecule has 3 amide bonds. The molecular weight excluding hydrogens is 380 g/mol. The van der Waals surface area contributed by atoms with Crippen molar-refractivity contribution in [1.82, 2.24) is 15.1 Å². The van der Waals surface area contributed by atoms with Crippen LogP contribution in [0.1, 0.15) is 36.7 Å². The van der Waals surface area contributed by atoms with Crippen LogP contribution in [0.5, 0.6) is 0 Å². The quantitative estimate of drug-likeness (QED) is 0.600. The molecule has 1 aromatic rings. The van der Waals surface area contributed by atoms with E-state index in [1.165, 1.54) is 18.2 Å².